The zero-order valence-electron chi connectivity index (χ0n) is 18.5. The SMILES string of the molecule is Cc1noc(-c2ccc(N3CC[C@H](C(=O)N4CCCN(C5CCC5)CC4)C3)c(F)c2)n1.Cl. The Morgan fingerprint density at radius 2 is 1.94 bits per heavy atom. The number of anilines is 1. The number of nitrogens with zero attached hydrogens (tertiary/aromatic N) is 5. The third-order valence-electron chi connectivity index (χ3n) is 7.03. The Morgan fingerprint density at radius 1 is 1.09 bits per heavy atom. The Labute approximate surface area is 194 Å². The largest absolute Gasteiger partial charge is 0.368 e. The van der Waals surface area contributed by atoms with Gasteiger partial charge in [0, 0.05) is 50.9 Å². The molecule has 2 aliphatic heterocycles. The first-order valence-electron chi connectivity index (χ1n) is 11.5. The lowest BCUT2D eigenvalue weighted by Crippen LogP contribution is -2.43. The molecule has 0 radical (unpaired) electrons. The predicted octanol–water partition coefficient (Wildman–Crippen LogP) is 3.52. The summed E-state index contributed by atoms with van der Waals surface area (Å²) < 4.78 is 20.0. The van der Waals surface area contributed by atoms with Crippen molar-refractivity contribution in [3.63, 3.8) is 0 Å². The number of aromatic nitrogens is 2. The van der Waals surface area contributed by atoms with Crippen molar-refractivity contribution in [3.8, 4) is 11.5 Å². The van der Waals surface area contributed by atoms with Crippen LogP contribution >= 0.6 is 12.4 Å². The lowest BCUT2D eigenvalue weighted by molar-refractivity contribution is -0.134. The van der Waals surface area contributed by atoms with E-state index < -0.39 is 0 Å². The van der Waals surface area contributed by atoms with Crippen molar-refractivity contribution < 1.29 is 13.7 Å². The molecular weight excluding hydrogens is 433 g/mol. The Kier molecular flexibility index (Phi) is 7.00. The molecule has 1 aromatic carbocycles. The number of aryl methyl sites for hydroxylation is 1. The van der Waals surface area contributed by atoms with Crippen LogP contribution in [0.15, 0.2) is 22.7 Å². The molecule has 2 aromatic rings. The van der Waals surface area contributed by atoms with Crippen molar-refractivity contribution in [3.05, 3.63) is 29.8 Å². The molecule has 1 aromatic heterocycles. The Morgan fingerprint density at radius 3 is 2.62 bits per heavy atom. The highest BCUT2D eigenvalue weighted by molar-refractivity contribution is 5.85. The first-order valence-corrected chi connectivity index (χ1v) is 11.5. The molecule has 1 atom stereocenters. The topological polar surface area (TPSA) is 65.7 Å². The molecule has 0 bridgehead atoms. The number of amides is 1. The molecule has 9 heteroatoms. The van der Waals surface area contributed by atoms with E-state index in [4.69, 9.17) is 4.52 Å². The van der Waals surface area contributed by atoms with E-state index in [9.17, 15) is 9.18 Å². The summed E-state index contributed by atoms with van der Waals surface area (Å²) in [4.78, 5) is 23.9. The predicted molar refractivity (Wildman–Crippen MR) is 122 cm³/mol. The van der Waals surface area contributed by atoms with E-state index in [2.05, 4.69) is 15.0 Å². The average Bonchev–Trinajstić information content (AvgIpc) is 3.31. The monoisotopic (exact) mass is 463 g/mol. The maximum Gasteiger partial charge on any atom is 0.258 e. The Bertz CT molecular complexity index is 950. The molecule has 0 unspecified atom stereocenters. The fourth-order valence-corrected chi connectivity index (χ4v) is 5.02. The lowest BCUT2D eigenvalue weighted by atomic mass is 9.91. The second-order valence-corrected chi connectivity index (χ2v) is 9.04. The van der Waals surface area contributed by atoms with Crippen molar-refractivity contribution in [2.24, 2.45) is 5.92 Å². The smallest absolute Gasteiger partial charge is 0.258 e. The minimum atomic E-state index is -0.327. The first kappa shape index (κ1) is 23.0. The van der Waals surface area contributed by atoms with Crippen molar-refractivity contribution in [1.29, 1.82) is 0 Å². The highest BCUT2D eigenvalue weighted by atomic mass is 35.5. The third kappa shape index (κ3) is 4.62. The van der Waals surface area contributed by atoms with Crippen LogP contribution in [0.5, 0.6) is 0 Å². The molecule has 5 rings (SSSR count). The van der Waals surface area contributed by atoms with Crippen LogP contribution in [0.25, 0.3) is 11.5 Å². The number of carbonyl (C=O) groups is 1. The van der Waals surface area contributed by atoms with Gasteiger partial charge in [0.05, 0.1) is 11.6 Å². The summed E-state index contributed by atoms with van der Waals surface area (Å²) >= 11 is 0. The molecule has 32 heavy (non-hydrogen) atoms. The molecule has 1 amide bonds. The van der Waals surface area contributed by atoms with Crippen molar-refractivity contribution in [1.82, 2.24) is 19.9 Å². The summed E-state index contributed by atoms with van der Waals surface area (Å²) in [5.74, 6) is 0.677. The molecule has 1 aliphatic carbocycles. The van der Waals surface area contributed by atoms with Crippen LogP contribution in [-0.2, 0) is 4.79 Å². The molecule has 3 heterocycles. The molecule has 1 saturated carbocycles. The summed E-state index contributed by atoms with van der Waals surface area (Å²) in [6.07, 6.45) is 5.77. The standard InChI is InChI=1S/C23H30FN5O2.ClH/c1-16-25-22(31-26-16)17-6-7-21(20(24)14-17)29-11-8-18(15-29)23(30)28-10-3-9-27(12-13-28)19-4-2-5-19;/h6-7,14,18-19H,2-5,8-13,15H2,1H3;1H/t18-;/m0./s1. The normalized spacial score (nSPS) is 22.4. The molecule has 3 aliphatic rings. The first-order chi connectivity index (χ1) is 15.1. The zero-order chi connectivity index (χ0) is 21.4. The number of hydrogen-bond donors (Lipinski definition) is 0. The van der Waals surface area contributed by atoms with Gasteiger partial charge in [0.25, 0.3) is 5.89 Å². The molecule has 7 nitrogen and oxygen atoms in total. The van der Waals surface area contributed by atoms with Crippen LogP contribution < -0.4 is 4.90 Å². The summed E-state index contributed by atoms with van der Waals surface area (Å²) in [6, 6.07) is 5.71. The van der Waals surface area contributed by atoms with Crippen LogP contribution in [0.3, 0.4) is 0 Å². The maximum absolute atomic E-state index is 14.9. The summed E-state index contributed by atoms with van der Waals surface area (Å²) in [5, 5.41) is 3.76. The van der Waals surface area contributed by atoms with E-state index in [1.165, 1.54) is 25.3 Å². The Hall–Kier alpha value is -2.19. The van der Waals surface area contributed by atoms with E-state index in [-0.39, 0.29) is 30.0 Å². The van der Waals surface area contributed by atoms with E-state index in [0.29, 0.717) is 36.1 Å². The average molecular weight is 464 g/mol. The van der Waals surface area contributed by atoms with E-state index in [1.807, 2.05) is 9.80 Å². The zero-order valence-corrected chi connectivity index (χ0v) is 19.3. The minimum absolute atomic E-state index is 0. The maximum atomic E-state index is 14.9. The van der Waals surface area contributed by atoms with E-state index in [0.717, 1.165) is 45.1 Å². The van der Waals surface area contributed by atoms with Crippen molar-refractivity contribution in [2.45, 2.75) is 45.1 Å². The molecule has 0 N–H and O–H groups in total. The fraction of sp³-hybridized carbons (Fsp3) is 0.609. The van der Waals surface area contributed by atoms with Crippen LogP contribution in [0, 0.1) is 18.7 Å². The highest BCUT2D eigenvalue weighted by Crippen LogP contribution is 2.31. The van der Waals surface area contributed by atoms with Gasteiger partial charge in [-0.3, -0.25) is 9.69 Å². The molecule has 174 valence electrons. The van der Waals surface area contributed by atoms with Crippen molar-refractivity contribution in [2.75, 3.05) is 44.2 Å². The summed E-state index contributed by atoms with van der Waals surface area (Å²) in [5.41, 5.74) is 1.09. The van der Waals surface area contributed by atoms with Gasteiger partial charge in [-0.1, -0.05) is 11.6 Å². The Balaban J connectivity index is 0.00000245. The second-order valence-electron chi connectivity index (χ2n) is 9.04. The molecule has 3 fully saturated rings. The van der Waals surface area contributed by atoms with Gasteiger partial charge in [-0.25, -0.2) is 4.39 Å². The lowest BCUT2D eigenvalue weighted by Gasteiger charge is -2.36. The molecule has 2 saturated heterocycles. The number of benzene rings is 1. The molecule has 0 spiro atoms. The number of hydrogen-bond acceptors (Lipinski definition) is 6. The van der Waals surface area contributed by atoms with Crippen LogP contribution in [0.4, 0.5) is 10.1 Å². The van der Waals surface area contributed by atoms with Gasteiger partial charge in [0.15, 0.2) is 5.82 Å². The van der Waals surface area contributed by atoms with Crippen LogP contribution in [0.1, 0.15) is 37.9 Å². The van der Waals surface area contributed by atoms with Gasteiger partial charge in [-0.2, -0.15) is 4.98 Å². The van der Waals surface area contributed by atoms with E-state index in [1.54, 1.807) is 19.1 Å². The molecular formula is C23H31ClFN5O2. The van der Waals surface area contributed by atoms with Gasteiger partial charge in [-0.05, 0) is 50.8 Å². The summed E-state index contributed by atoms with van der Waals surface area (Å²) in [6.45, 7) is 6.73. The third-order valence-corrected chi connectivity index (χ3v) is 7.03. The summed E-state index contributed by atoms with van der Waals surface area (Å²) in [7, 11) is 0. The number of halogens is 2. The van der Waals surface area contributed by atoms with Crippen LogP contribution in [-0.4, -0.2) is 71.2 Å². The number of rotatable bonds is 4. The van der Waals surface area contributed by atoms with Gasteiger partial charge in [-0.15, -0.1) is 12.4 Å². The van der Waals surface area contributed by atoms with Gasteiger partial charge in [0.1, 0.15) is 5.82 Å². The highest BCUT2D eigenvalue weighted by Gasteiger charge is 2.34. The van der Waals surface area contributed by atoms with Crippen LogP contribution in [0.2, 0.25) is 0 Å². The van der Waals surface area contributed by atoms with Gasteiger partial charge in [0.2, 0.25) is 5.91 Å². The minimum Gasteiger partial charge on any atom is -0.368 e. The second kappa shape index (κ2) is 9.75. The van der Waals surface area contributed by atoms with Gasteiger partial charge < -0.3 is 14.3 Å². The fourth-order valence-electron chi connectivity index (χ4n) is 5.02. The van der Waals surface area contributed by atoms with E-state index >= 15 is 0 Å². The number of carbonyl (C=O) groups excluding carboxylic acids is 1. The van der Waals surface area contributed by atoms with Crippen molar-refractivity contribution >= 4 is 24.0 Å². The quantitative estimate of drug-likeness (QED) is 0.691. The van der Waals surface area contributed by atoms with Gasteiger partial charge >= 0.3 is 0 Å².